The lowest BCUT2D eigenvalue weighted by atomic mass is 9.85. The molecule has 0 saturated heterocycles. The zero-order chi connectivity index (χ0) is 18.1. The molecular weight excluding hydrogens is 367 g/mol. The Balaban J connectivity index is 1.92. The van der Waals surface area contributed by atoms with Gasteiger partial charge in [0.15, 0.2) is 0 Å². The van der Waals surface area contributed by atoms with Crippen LogP contribution in [0.15, 0.2) is 77.9 Å². The molecule has 0 aliphatic heterocycles. The lowest BCUT2D eigenvalue weighted by Crippen LogP contribution is -2.09. The van der Waals surface area contributed by atoms with Gasteiger partial charge in [-0.15, -0.1) is 0 Å². The van der Waals surface area contributed by atoms with Crippen LogP contribution in [0.3, 0.4) is 0 Å². The van der Waals surface area contributed by atoms with E-state index in [1.54, 1.807) is 0 Å². The third kappa shape index (κ3) is 3.24. The summed E-state index contributed by atoms with van der Waals surface area (Å²) in [6.07, 6.45) is 1.42. The summed E-state index contributed by atoms with van der Waals surface area (Å²) in [7, 11) is 0. The average molecular weight is 381 g/mol. The van der Waals surface area contributed by atoms with Crippen LogP contribution >= 0.6 is 23.2 Å². The number of rotatable bonds is 3. The summed E-state index contributed by atoms with van der Waals surface area (Å²) in [4.78, 5) is 19.0. The number of hydrogen-bond donors (Lipinski definition) is 1. The summed E-state index contributed by atoms with van der Waals surface area (Å²) in [5.74, 6) is -0.0476. The summed E-state index contributed by atoms with van der Waals surface area (Å²) in [6.45, 7) is 0. The maximum absolute atomic E-state index is 12.2. The van der Waals surface area contributed by atoms with Crippen LogP contribution in [0.4, 0.5) is 0 Å². The molecular formula is C21H14Cl2N2O. The number of hydrogen-bond acceptors (Lipinski definition) is 2. The molecule has 0 radical (unpaired) electrons. The molecule has 0 atom stereocenters. The predicted octanol–water partition coefficient (Wildman–Crippen LogP) is 5.41. The van der Waals surface area contributed by atoms with Gasteiger partial charge in [-0.3, -0.25) is 4.79 Å². The van der Waals surface area contributed by atoms with Crippen molar-refractivity contribution in [2.75, 3.05) is 0 Å². The van der Waals surface area contributed by atoms with Crippen molar-refractivity contribution in [3.63, 3.8) is 0 Å². The van der Waals surface area contributed by atoms with Gasteiger partial charge in [0.25, 0.3) is 5.56 Å². The van der Waals surface area contributed by atoms with E-state index in [1.165, 1.54) is 6.33 Å². The lowest BCUT2D eigenvalue weighted by Gasteiger charge is -2.19. The zero-order valence-electron chi connectivity index (χ0n) is 13.6. The fourth-order valence-electron chi connectivity index (χ4n) is 3.15. The van der Waals surface area contributed by atoms with Crippen LogP contribution in [0.5, 0.6) is 0 Å². The SMILES string of the molecule is O=c1[nH]cnc2ccc(C(c3ccc(Cl)cc3)c3ccc(Cl)cc3)cc12. The monoisotopic (exact) mass is 380 g/mol. The fourth-order valence-corrected chi connectivity index (χ4v) is 3.41. The number of aromatic amines is 1. The Morgan fingerprint density at radius 3 is 1.88 bits per heavy atom. The summed E-state index contributed by atoms with van der Waals surface area (Å²) in [6, 6.07) is 21.3. The normalized spacial score (nSPS) is 11.2. The topological polar surface area (TPSA) is 45.8 Å². The van der Waals surface area contributed by atoms with Crippen LogP contribution in [-0.2, 0) is 0 Å². The molecule has 128 valence electrons. The Morgan fingerprint density at radius 2 is 1.31 bits per heavy atom. The summed E-state index contributed by atoms with van der Waals surface area (Å²) in [5, 5.41) is 1.93. The highest BCUT2D eigenvalue weighted by molar-refractivity contribution is 6.30. The Morgan fingerprint density at radius 1 is 0.769 bits per heavy atom. The first kappa shape index (κ1) is 16.8. The second-order valence-corrected chi connectivity index (χ2v) is 6.92. The summed E-state index contributed by atoms with van der Waals surface area (Å²) in [5.41, 5.74) is 3.68. The third-order valence-corrected chi connectivity index (χ3v) is 4.91. The van der Waals surface area contributed by atoms with Crippen LogP contribution in [0.1, 0.15) is 22.6 Å². The first-order valence-electron chi connectivity index (χ1n) is 8.10. The largest absolute Gasteiger partial charge is 0.313 e. The molecule has 1 aromatic heterocycles. The Kier molecular flexibility index (Phi) is 4.49. The van der Waals surface area contributed by atoms with Gasteiger partial charge in [0.1, 0.15) is 0 Å². The molecule has 1 heterocycles. The van der Waals surface area contributed by atoms with E-state index in [1.807, 2.05) is 66.7 Å². The highest BCUT2D eigenvalue weighted by Crippen LogP contribution is 2.34. The van der Waals surface area contributed by atoms with Gasteiger partial charge in [-0.05, 0) is 53.1 Å². The van der Waals surface area contributed by atoms with E-state index in [9.17, 15) is 4.79 Å². The van der Waals surface area contributed by atoms with Crippen molar-refractivity contribution in [2.24, 2.45) is 0 Å². The van der Waals surface area contributed by atoms with Crippen molar-refractivity contribution >= 4 is 34.1 Å². The summed E-state index contributed by atoms with van der Waals surface area (Å²) >= 11 is 12.1. The van der Waals surface area contributed by atoms with Crippen molar-refractivity contribution < 1.29 is 0 Å². The van der Waals surface area contributed by atoms with E-state index in [-0.39, 0.29) is 11.5 Å². The molecule has 3 nitrogen and oxygen atoms in total. The maximum Gasteiger partial charge on any atom is 0.258 e. The van der Waals surface area contributed by atoms with E-state index >= 15 is 0 Å². The smallest absolute Gasteiger partial charge is 0.258 e. The standard InChI is InChI=1S/C21H14Cl2N2O/c22-16-6-1-13(2-7-16)20(14-3-8-17(23)9-4-14)15-5-10-19-18(11-15)21(26)25-12-24-19/h1-12,20H,(H,24,25,26). The Hall–Kier alpha value is -2.62. The van der Waals surface area contributed by atoms with Crippen molar-refractivity contribution in [3.05, 3.63) is 110 Å². The molecule has 0 fully saturated rings. The maximum atomic E-state index is 12.2. The van der Waals surface area contributed by atoms with Crippen LogP contribution in [-0.4, -0.2) is 9.97 Å². The first-order valence-corrected chi connectivity index (χ1v) is 8.86. The van der Waals surface area contributed by atoms with Crippen LogP contribution in [0, 0.1) is 0 Å². The average Bonchev–Trinajstić information content (AvgIpc) is 2.66. The van der Waals surface area contributed by atoms with Gasteiger partial charge in [0, 0.05) is 16.0 Å². The Bertz CT molecular complexity index is 1070. The van der Waals surface area contributed by atoms with Gasteiger partial charge >= 0.3 is 0 Å². The number of nitrogens with zero attached hydrogens (tertiary/aromatic N) is 1. The predicted molar refractivity (Wildman–Crippen MR) is 106 cm³/mol. The van der Waals surface area contributed by atoms with Gasteiger partial charge < -0.3 is 4.98 Å². The zero-order valence-corrected chi connectivity index (χ0v) is 15.1. The second-order valence-electron chi connectivity index (χ2n) is 6.04. The van der Waals surface area contributed by atoms with E-state index in [0.717, 1.165) is 16.7 Å². The highest BCUT2D eigenvalue weighted by Gasteiger charge is 2.18. The molecule has 3 aromatic carbocycles. The molecule has 0 unspecified atom stereocenters. The number of nitrogens with one attached hydrogen (secondary N) is 1. The van der Waals surface area contributed by atoms with Gasteiger partial charge in [-0.1, -0.05) is 53.5 Å². The molecule has 5 heteroatoms. The second kappa shape index (κ2) is 6.94. The third-order valence-electron chi connectivity index (χ3n) is 4.40. The van der Waals surface area contributed by atoms with Crippen LogP contribution in [0.25, 0.3) is 10.9 Å². The molecule has 0 spiro atoms. The van der Waals surface area contributed by atoms with Gasteiger partial charge in [0.05, 0.1) is 17.2 Å². The molecule has 4 rings (SSSR count). The van der Waals surface area contributed by atoms with E-state index in [0.29, 0.717) is 20.9 Å². The van der Waals surface area contributed by atoms with E-state index < -0.39 is 0 Å². The first-order chi connectivity index (χ1) is 12.6. The van der Waals surface area contributed by atoms with Crippen molar-refractivity contribution in [1.82, 2.24) is 9.97 Å². The quantitative estimate of drug-likeness (QED) is 0.483. The molecule has 4 aromatic rings. The fraction of sp³-hybridized carbons (Fsp3) is 0.0476. The van der Waals surface area contributed by atoms with Crippen molar-refractivity contribution in [2.45, 2.75) is 5.92 Å². The Labute approximate surface area is 160 Å². The van der Waals surface area contributed by atoms with Gasteiger partial charge in [0.2, 0.25) is 0 Å². The van der Waals surface area contributed by atoms with E-state index in [2.05, 4.69) is 9.97 Å². The minimum absolute atomic E-state index is 0.0476. The van der Waals surface area contributed by atoms with Crippen molar-refractivity contribution in [3.8, 4) is 0 Å². The molecule has 0 amide bonds. The van der Waals surface area contributed by atoms with Gasteiger partial charge in [-0.2, -0.15) is 0 Å². The number of aromatic nitrogens is 2. The minimum atomic E-state index is -0.150. The molecule has 1 N–H and O–H groups in total. The number of H-pyrrole nitrogens is 1. The van der Waals surface area contributed by atoms with Crippen LogP contribution < -0.4 is 5.56 Å². The number of fused-ring (bicyclic) bond motifs is 1. The molecule has 0 aliphatic rings. The summed E-state index contributed by atoms with van der Waals surface area (Å²) < 4.78 is 0. The van der Waals surface area contributed by atoms with Crippen molar-refractivity contribution in [1.29, 1.82) is 0 Å². The highest BCUT2D eigenvalue weighted by atomic mass is 35.5. The molecule has 0 aliphatic carbocycles. The molecule has 0 saturated carbocycles. The minimum Gasteiger partial charge on any atom is -0.313 e. The number of benzene rings is 3. The van der Waals surface area contributed by atoms with Gasteiger partial charge in [-0.25, -0.2) is 4.98 Å². The number of halogens is 2. The van der Waals surface area contributed by atoms with E-state index in [4.69, 9.17) is 23.2 Å². The lowest BCUT2D eigenvalue weighted by molar-refractivity contribution is 0.978. The molecule has 26 heavy (non-hydrogen) atoms. The molecule has 0 bridgehead atoms. The van der Waals surface area contributed by atoms with Crippen LogP contribution in [0.2, 0.25) is 10.0 Å².